The Hall–Kier alpha value is -1.63. The SMILES string of the molecule is CC(C#N)[C@H](C)n1ncc2c1CC(C)(C)CC2=O. The molecule has 4 heteroatoms. The molecule has 0 N–H and O–H groups in total. The largest absolute Gasteiger partial charge is 0.294 e. The molecular weight excluding hydrogens is 226 g/mol. The summed E-state index contributed by atoms with van der Waals surface area (Å²) in [5, 5.41) is 13.3. The molecule has 1 aromatic heterocycles. The summed E-state index contributed by atoms with van der Waals surface area (Å²) >= 11 is 0. The quantitative estimate of drug-likeness (QED) is 0.805. The van der Waals surface area contributed by atoms with Crippen molar-refractivity contribution < 1.29 is 4.79 Å². The number of rotatable bonds is 2. The van der Waals surface area contributed by atoms with E-state index in [9.17, 15) is 4.79 Å². The Morgan fingerprint density at radius 2 is 2.11 bits per heavy atom. The molecule has 0 fully saturated rings. The zero-order valence-electron chi connectivity index (χ0n) is 11.4. The normalized spacial score (nSPS) is 20.9. The third-order valence-electron chi connectivity index (χ3n) is 3.80. The smallest absolute Gasteiger partial charge is 0.166 e. The number of aromatic nitrogens is 2. The molecule has 0 amide bonds. The van der Waals surface area contributed by atoms with E-state index >= 15 is 0 Å². The summed E-state index contributed by atoms with van der Waals surface area (Å²) in [6.07, 6.45) is 3.08. The maximum atomic E-state index is 12.1. The van der Waals surface area contributed by atoms with E-state index in [-0.39, 0.29) is 23.2 Å². The summed E-state index contributed by atoms with van der Waals surface area (Å²) in [5.74, 6) is 0.0541. The molecule has 4 nitrogen and oxygen atoms in total. The molecule has 0 aliphatic heterocycles. The topological polar surface area (TPSA) is 58.7 Å². The van der Waals surface area contributed by atoms with Crippen LogP contribution in [0.15, 0.2) is 6.20 Å². The van der Waals surface area contributed by atoms with Crippen LogP contribution in [0.5, 0.6) is 0 Å². The van der Waals surface area contributed by atoms with Gasteiger partial charge in [-0.25, -0.2) is 0 Å². The first kappa shape index (κ1) is 12.8. The zero-order chi connectivity index (χ0) is 13.5. The first-order valence-corrected chi connectivity index (χ1v) is 6.35. The van der Waals surface area contributed by atoms with Crippen LogP contribution in [-0.2, 0) is 6.42 Å². The summed E-state index contributed by atoms with van der Waals surface area (Å²) < 4.78 is 1.86. The van der Waals surface area contributed by atoms with Crippen LogP contribution in [0.3, 0.4) is 0 Å². The van der Waals surface area contributed by atoms with E-state index in [0.717, 1.165) is 17.7 Å². The molecule has 0 aromatic carbocycles. The van der Waals surface area contributed by atoms with E-state index in [2.05, 4.69) is 25.0 Å². The lowest BCUT2D eigenvalue weighted by molar-refractivity contribution is 0.0909. The van der Waals surface area contributed by atoms with Crippen molar-refractivity contribution in [2.24, 2.45) is 11.3 Å². The fourth-order valence-electron chi connectivity index (χ4n) is 2.51. The third-order valence-corrected chi connectivity index (χ3v) is 3.80. The lowest BCUT2D eigenvalue weighted by atomic mass is 9.76. The minimum absolute atomic E-state index is 0.000417. The van der Waals surface area contributed by atoms with Gasteiger partial charge in [-0.15, -0.1) is 0 Å². The van der Waals surface area contributed by atoms with Gasteiger partial charge in [0.1, 0.15) is 0 Å². The van der Waals surface area contributed by atoms with Gasteiger partial charge in [0.05, 0.1) is 35.5 Å². The minimum atomic E-state index is -0.117. The highest BCUT2D eigenvalue weighted by Gasteiger charge is 2.35. The van der Waals surface area contributed by atoms with Crippen LogP contribution in [0.2, 0.25) is 0 Å². The molecule has 0 saturated heterocycles. The lowest BCUT2D eigenvalue weighted by Crippen LogP contribution is -2.29. The average Bonchev–Trinajstić information content (AvgIpc) is 2.69. The Bertz CT molecular complexity index is 522. The fraction of sp³-hybridized carbons (Fsp3) is 0.643. The molecular formula is C14H19N3O. The molecule has 0 spiro atoms. The molecule has 0 radical (unpaired) electrons. The second kappa shape index (κ2) is 4.24. The van der Waals surface area contributed by atoms with Crippen LogP contribution in [0.1, 0.15) is 56.2 Å². The Balaban J connectivity index is 2.43. The minimum Gasteiger partial charge on any atom is -0.294 e. The van der Waals surface area contributed by atoms with Crippen molar-refractivity contribution in [2.45, 2.75) is 46.6 Å². The zero-order valence-corrected chi connectivity index (χ0v) is 11.4. The molecule has 1 aromatic rings. The van der Waals surface area contributed by atoms with Gasteiger partial charge in [-0.2, -0.15) is 10.4 Å². The monoisotopic (exact) mass is 245 g/mol. The number of carbonyl (C=O) groups is 1. The number of hydrogen-bond acceptors (Lipinski definition) is 3. The number of nitrogens with zero attached hydrogens (tertiary/aromatic N) is 3. The van der Waals surface area contributed by atoms with E-state index in [1.165, 1.54) is 0 Å². The molecule has 1 aliphatic carbocycles. The highest BCUT2D eigenvalue weighted by Crippen LogP contribution is 2.36. The molecule has 1 aliphatic rings. The van der Waals surface area contributed by atoms with E-state index in [0.29, 0.717) is 6.42 Å². The summed E-state index contributed by atoms with van der Waals surface area (Å²) in [7, 11) is 0. The second-order valence-corrected chi connectivity index (χ2v) is 6.05. The van der Waals surface area contributed by atoms with Gasteiger partial charge >= 0.3 is 0 Å². The average molecular weight is 245 g/mol. The van der Waals surface area contributed by atoms with Crippen molar-refractivity contribution in [3.63, 3.8) is 0 Å². The molecule has 2 rings (SSSR count). The van der Waals surface area contributed by atoms with Gasteiger partial charge in [0.15, 0.2) is 5.78 Å². The maximum Gasteiger partial charge on any atom is 0.166 e. The van der Waals surface area contributed by atoms with Crippen LogP contribution in [-0.4, -0.2) is 15.6 Å². The third kappa shape index (κ3) is 2.05. The highest BCUT2D eigenvalue weighted by molar-refractivity contribution is 5.98. The Kier molecular flexibility index (Phi) is 3.02. The molecule has 1 unspecified atom stereocenters. The van der Waals surface area contributed by atoms with Crippen molar-refractivity contribution in [3.8, 4) is 6.07 Å². The van der Waals surface area contributed by atoms with Crippen LogP contribution in [0.25, 0.3) is 0 Å². The molecule has 96 valence electrons. The van der Waals surface area contributed by atoms with E-state index < -0.39 is 0 Å². The van der Waals surface area contributed by atoms with Crippen LogP contribution >= 0.6 is 0 Å². The predicted octanol–water partition coefficient (Wildman–Crippen LogP) is 2.76. The maximum absolute atomic E-state index is 12.1. The molecule has 1 heterocycles. The standard InChI is InChI=1S/C14H19N3O/c1-9(7-15)10(2)17-12-5-14(3,4)6-13(18)11(12)8-16-17/h8-10H,5-6H2,1-4H3/t9?,10-/m0/s1. The molecule has 18 heavy (non-hydrogen) atoms. The number of fused-ring (bicyclic) bond motifs is 1. The van der Waals surface area contributed by atoms with Crippen LogP contribution in [0, 0.1) is 22.7 Å². The van der Waals surface area contributed by atoms with Gasteiger partial charge in [0, 0.05) is 6.42 Å². The summed E-state index contributed by atoms with van der Waals surface area (Å²) in [6.45, 7) is 8.06. The van der Waals surface area contributed by atoms with Crippen LogP contribution < -0.4 is 0 Å². The lowest BCUT2D eigenvalue weighted by Gasteiger charge is -2.30. The van der Waals surface area contributed by atoms with Gasteiger partial charge < -0.3 is 0 Å². The predicted molar refractivity (Wildman–Crippen MR) is 68.1 cm³/mol. The number of nitriles is 1. The van der Waals surface area contributed by atoms with E-state index in [1.807, 2.05) is 18.5 Å². The summed E-state index contributed by atoms with van der Waals surface area (Å²) in [6, 6.07) is 2.25. The van der Waals surface area contributed by atoms with Gasteiger partial charge in [0.25, 0.3) is 0 Å². The van der Waals surface area contributed by atoms with Crippen molar-refractivity contribution in [1.29, 1.82) is 5.26 Å². The first-order valence-electron chi connectivity index (χ1n) is 6.35. The molecule has 0 saturated carbocycles. The van der Waals surface area contributed by atoms with Gasteiger partial charge in [0.2, 0.25) is 0 Å². The summed E-state index contributed by atoms with van der Waals surface area (Å²) in [5.41, 5.74) is 1.72. The number of hydrogen-bond donors (Lipinski definition) is 0. The fourth-order valence-corrected chi connectivity index (χ4v) is 2.51. The highest BCUT2D eigenvalue weighted by atomic mass is 16.1. The van der Waals surface area contributed by atoms with Crippen molar-refractivity contribution in [1.82, 2.24) is 9.78 Å². The van der Waals surface area contributed by atoms with Gasteiger partial charge in [-0.1, -0.05) is 13.8 Å². The second-order valence-electron chi connectivity index (χ2n) is 6.05. The van der Waals surface area contributed by atoms with Gasteiger partial charge in [-0.3, -0.25) is 9.48 Å². The Morgan fingerprint density at radius 1 is 1.44 bits per heavy atom. The Labute approximate surface area is 108 Å². The van der Waals surface area contributed by atoms with Crippen LogP contribution in [0.4, 0.5) is 0 Å². The van der Waals surface area contributed by atoms with E-state index in [1.54, 1.807) is 6.20 Å². The molecule has 2 atom stereocenters. The van der Waals surface area contributed by atoms with Crippen molar-refractivity contribution in [3.05, 3.63) is 17.5 Å². The first-order chi connectivity index (χ1) is 8.35. The molecule has 0 bridgehead atoms. The van der Waals surface area contributed by atoms with Crippen molar-refractivity contribution in [2.75, 3.05) is 0 Å². The number of Topliss-reactive ketones (excluding diaryl/α,β-unsaturated/α-hetero) is 1. The van der Waals surface area contributed by atoms with Gasteiger partial charge in [-0.05, 0) is 25.7 Å². The Morgan fingerprint density at radius 3 is 2.72 bits per heavy atom. The summed E-state index contributed by atoms with van der Waals surface area (Å²) in [4.78, 5) is 12.1. The van der Waals surface area contributed by atoms with Crippen molar-refractivity contribution >= 4 is 5.78 Å². The number of ketones is 1. The van der Waals surface area contributed by atoms with E-state index in [4.69, 9.17) is 5.26 Å². The number of carbonyl (C=O) groups excluding carboxylic acids is 1.